The number of pyridine rings is 1. The molecule has 0 aliphatic rings. The van der Waals surface area contributed by atoms with Crippen LogP contribution >= 0.6 is 11.6 Å². The highest BCUT2D eigenvalue weighted by molar-refractivity contribution is 6.30. The Morgan fingerprint density at radius 1 is 1.10 bits per heavy atom. The molecule has 0 fully saturated rings. The number of rotatable bonds is 3. The van der Waals surface area contributed by atoms with Crippen molar-refractivity contribution in [3.63, 3.8) is 0 Å². The molecule has 3 aromatic rings. The third-order valence-corrected chi connectivity index (χ3v) is 3.55. The van der Waals surface area contributed by atoms with E-state index in [1.54, 1.807) is 41.3 Å². The molecule has 4 nitrogen and oxygen atoms in total. The number of nitrogens with zero attached hydrogens (tertiary/aromatic N) is 3. The third-order valence-electron chi connectivity index (χ3n) is 3.29. The van der Waals surface area contributed by atoms with Crippen molar-refractivity contribution >= 4 is 11.6 Å². The van der Waals surface area contributed by atoms with E-state index in [0.29, 0.717) is 10.7 Å². The molecule has 1 atom stereocenters. The zero-order chi connectivity index (χ0) is 14.8. The van der Waals surface area contributed by atoms with E-state index >= 15 is 0 Å². The number of hydrogen-bond donors (Lipinski definition) is 1. The minimum Gasteiger partial charge on any atom is -0.382 e. The van der Waals surface area contributed by atoms with E-state index in [0.717, 1.165) is 16.7 Å². The molecule has 21 heavy (non-hydrogen) atoms. The molecule has 2 aromatic heterocycles. The highest BCUT2D eigenvalue weighted by Crippen LogP contribution is 2.30. The molecule has 1 unspecified atom stereocenters. The molecule has 0 saturated carbocycles. The van der Waals surface area contributed by atoms with Crippen LogP contribution in [0.1, 0.15) is 17.4 Å². The maximum absolute atomic E-state index is 10.6. The number of benzene rings is 1. The Hall–Kier alpha value is -2.17. The summed E-state index contributed by atoms with van der Waals surface area (Å²) in [6.07, 6.45) is 4.54. The summed E-state index contributed by atoms with van der Waals surface area (Å²) in [5, 5.41) is 15.6. The molecule has 2 heterocycles. The van der Waals surface area contributed by atoms with Gasteiger partial charge in [-0.1, -0.05) is 23.7 Å². The molecule has 0 saturated heterocycles. The van der Waals surface area contributed by atoms with Crippen LogP contribution in [0.2, 0.25) is 5.02 Å². The Kier molecular flexibility index (Phi) is 3.73. The van der Waals surface area contributed by atoms with E-state index < -0.39 is 6.10 Å². The molecule has 1 aromatic carbocycles. The quantitative estimate of drug-likeness (QED) is 0.808. The maximum Gasteiger partial charge on any atom is 0.123 e. The van der Waals surface area contributed by atoms with Gasteiger partial charge in [0.1, 0.15) is 11.8 Å². The lowest BCUT2D eigenvalue weighted by atomic mass is 10.0. The van der Waals surface area contributed by atoms with Crippen LogP contribution in [0.5, 0.6) is 0 Å². The Morgan fingerprint density at radius 2 is 1.76 bits per heavy atom. The lowest BCUT2D eigenvalue weighted by Gasteiger charge is -2.11. The maximum atomic E-state index is 10.6. The Balaban J connectivity index is 2.04. The molecular weight excluding hydrogens is 286 g/mol. The van der Waals surface area contributed by atoms with Crippen molar-refractivity contribution in [2.45, 2.75) is 6.10 Å². The molecule has 0 aliphatic heterocycles. The molecule has 5 heteroatoms. The first kappa shape index (κ1) is 13.8. The van der Waals surface area contributed by atoms with Gasteiger partial charge >= 0.3 is 0 Å². The number of aryl methyl sites for hydroxylation is 1. The second kappa shape index (κ2) is 5.68. The standard InChI is InChI=1S/C16H14ClN3O/c1-20-10-14(11-6-8-18-9-7-11)15(19-20)16(21)12-2-4-13(17)5-3-12/h2-10,16,21H,1H3. The average molecular weight is 300 g/mol. The van der Waals surface area contributed by atoms with Crippen LogP contribution < -0.4 is 0 Å². The molecule has 1 N–H and O–H groups in total. The van der Waals surface area contributed by atoms with E-state index in [1.165, 1.54) is 0 Å². The van der Waals surface area contributed by atoms with Gasteiger partial charge < -0.3 is 5.11 Å². The minimum absolute atomic E-state index is 0.617. The average Bonchev–Trinajstić information content (AvgIpc) is 2.90. The van der Waals surface area contributed by atoms with Gasteiger partial charge in [0.05, 0.1) is 0 Å². The van der Waals surface area contributed by atoms with Crippen molar-refractivity contribution in [3.8, 4) is 11.1 Å². The number of aliphatic hydroxyl groups is 1. The van der Waals surface area contributed by atoms with E-state index in [9.17, 15) is 5.11 Å². The lowest BCUT2D eigenvalue weighted by molar-refractivity contribution is 0.215. The van der Waals surface area contributed by atoms with Crippen LogP contribution in [0, 0.1) is 0 Å². The Bertz CT molecular complexity index is 738. The molecular formula is C16H14ClN3O. The van der Waals surface area contributed by atoms with Crippen LogP contribution in [0.25, 0.3) is 11.1 Å². The highest BCUT2D eigenvalue weighted by Gasteiger charge is 2.19. The number of aromatic nitrogens is 3. The predicted octanol–water partition coefficient (Wildman–Crippen LogP) is 3.22. The molecule has 0 amide bonds. The smallest absolute Gasteiger partial charge is 0.123 e. The largest absolute Gasteiger partial charge is 0.382 e. The summed E-state index contributed by atoms with van der Waals surface area (Å²) in [6.45, 7) is 0. The van der Waals surface area contributed by atoms with Crippen LogP contribution in [0.15, 0.2) is 55.0 Å². The fourth-order valence-electron chi connectivity index (χ4n) is 2.26. The van der Waals surface area contributed by atoms with Crippen molar-refractivity contribution in [1.82, 2.24) is 14.8 Å². The van der Waals surface area contributed by atoms with Crippen LogP contribution in [-0.2, 0) is 7.05 Å². The van der Waals surface area contributed by atoms with Crippen LogP contribution in [0.3, 0.4) is 0 Å². The zero-order valence-electron chi connectivity index (χ0n) is 11.4. The first-order chi connectivity index (χ1) is 10.1. The molecule has 0 bridgehead atoms. The molecule has 0 aliphatic carbocycles. The van der Waals surface area contributed by atoms with Gasteiger partial charge in [-0.3, -0.25) is 9.67 Å². The molecule has 0 spiro atoms. The molecule has 0 radical (unpaired) electrons. The second-order valence-electron chi connectivity index (χ2n) is 4.79. The van der Waals surface area contributed by atoms with Crippen molar-refractivity contribution in [2.75, 3.05) is 0 Å². The van der Waals surface area contributed by atoms with Crippen molar-refractivity contribution in [2.24, 2.45) is 7.05 Å². The minimum atomic E-state index is -0.799. The SMILES string of the molecule is Cn1cc(-c2ccncc2)c(C(O)c2ccc(Cl)cc2)n1. The summed E-state index contributed by atoms with van der Waals surface area (Å²) >= 11 is 5.89. The van der Waals surface area contributed by atoms with Gasteiger partial charge in [0.15, 0.2) is 0 Å². The van der Waals surface area contributed by atoms with Gasteiger partial charge in [-0.15, -0.1) is 0 Å². The van der Waals surface area contributed by atoms with Gasteiger partial charge in [-0.2, -0.15) is 5.10 Å². The zero-order valence-corrected chi connectivity index (χ0v) is 12.2. The van der Waals surface area contributed by atoms with E-state index in [2.05, 4.69) is 10.1 Å². The fourth-order valence-corrected chi connectivity index (χ4v) is 2.39. The summed E-state index contributed by atoms with van der Waals surface area (Å²) in [4.78, 5) is 4.02. The third kappa shape index (κ3) is 2.82. The summed E-state index contributed by atoms with van der Waals surface area (Å²) in [7, 11) is 1.84. The Morgan fingerprint density at radius 3 is 2.43 bits per heavy atom. The number of hydrogen-bond acceptors (Lipinski definition) is 3. The van der Waals surface area contributed by atoms with Gasteiger partial charge in [0, 0.05) is 36.2 Å². The van der Waals surface area contributed by atoms with Crippen LogP contribution in [0.4, 0.5) is 0 Å². The summed E-state index contributed by atoms with van der Waals surface area (Å²) in [6, 6.07) is 10.9. The van der Waals surface area contributed by atoms with Gasteiger partial charge in [-0.25, -0.2) is 0 Å². The summed E-state index contributed by atoms with van der Waals surface area (Å²) < 4.78 is 1.70. The highest BCUT2D eigenvalue weighted by atomic mass is 35.5. The van der Waals surface area contributed by atoms with Gasteiger partial charge in [0.2, 0.25) is 0 Å². The lowest BCUT2D eigenvalue weighted by Crippen LogP contribution is -2.03. The van der Waals surface area contributed by atoms with E-state index in [-0.39, 0.29) is 0 Å². The van der Waals surface area contributed by atoms with Crippen molar-refractivity contribution in [3.05, 3.63) is 71.3 Å². The van der Waals surface area contributed by atoms with Gasteiger partial charge in [0.25, 0.3) is 0 Å². The first-order valence-corrected chi connectivity index (χ1v) is 6.90. The van der Waals surface area contributed by atoms with E-state index in [1.807, 2.05) is 25.4 Å². The first-order valence-electron chi connectivity index (χ1n) is 6.52. The number of halogens is 1. The van der Waals surface area contributed by atoms with Crippen LogP contribution in [-0.4, -0.2) is 19.9 Å². The predicted molar refractivity (Wildman–Crippen MR) is 82.0 cm³/mol. The monoisotopic (exact) mass is 299 g/mol. The summed E-state index contributed by atoms with van der Waals surface area (Å²) in [5.74, 6) is 0. The molecule has 106 valence electrons. The topological polar surface area (TPSA) is 50.9 Å². The van der Waals surface area contributed by atoms with Crippen molar-refractivity contribution in [1.29, 1.82) is 0 Å². The van der Waals surface area contributed by atoms with E-state index in [4.69, 9.17) is 11.6 Å². The fraction of sp³-hybridized carbons (Fsp3) is 0.125. The second-order valence-corrected chi connectivity index (χ2v) is 5.23. The van der Waals surface area contributed by atoms with Gasteiger partial charge in [-0.05, 0) is 35.4 Å². The van der Waals surface area contributed by atoms with Crippen molar-refractivity contribution < 1.29 is 5.11 Å². The summed E-state index contributed by atoms with van der Waals surface area (Å²) in [5.41, 5.74) is 3.24. The Labute approximate surface area is 127 Å². The number of aliphatic hydroxyl groups excluding tert-OH is 1. The normalized spacial score (nSPS) is 12.3. The molecule has 3 rings (SSSR count).